The molecule has 0 radical (unpaired) electrons. The minimum Gasteiger partial charge on any atom is -0.478 e. The Morgan fingerprint density at radius 1 is 1.06 bits per heavy atom. The average Bonchev–Trinajstić information content (AvgIpc) is 2.69. The quantitative estimate of drug-likeness (QED) is 0.469. The SMILES string of the molecule is CC(c1ccc(-c2ccc(F)c(C(=O)O)c2)cc1Cl)C(c1ccc(=O)n(C)c1)C(F)(F)F. The van der Waals surface area contributed by atoms with Crippen LogP contribution in [0, 0.1) is 5.82 Å². The van der Waals surface area contributed by atoms with Gasteiger partial charge >= 0.3 is 12.1 Å². The lowest BCUT2D eigenvalue weighted by Crippen LogP contribution is -2.28. The molecule has 4 nitrogen and oxygen atoms in total. The van der Waals surface area contributed by atoms with Crippen LogP contribution in [0.5, 0.6) is 0 Å². The highest BCUT2D eigenvalue weighted by molar-refractivity contribution is 6.31. The number of carboxylic acids is 1. The van der Waals surface area contributed by atoms with Crippen LogP contribution in [0.1, 0.15) is 40.2 Å². The Morgan fingerprint density at radius 3 is 2.25 bits per heavy atom. The van der Waals surface area contributed by atoms with E-state index in [-0.39, 0.29) is 16.1 Å². The van der Waals surface area contributed by atoms with Crippen molar-refractivity contribution in [1.82, 2.24) is 4.57 Å². The summed E-state index contributed by atoms with van der Waals surface area (Å²) in [7, 11) is 1.37. The fourth-order valence-electron chi connectivity index (χ4n) is 3.68. The van der Waals surface area contributed by atoms with E-state index in [0.29, 0.717) is 11.1 Å². The van der Waals surface area contributed by atoms with Crippen LogP contribution in [0.4, 0.5) is 17.6 Å². The average molecular weight is 468 g/mol. The molecule has 0 saturated heterocycles. The van der Waals surface area contributed by atoms with Crippen LogP contribution >= 0.6 is 11.6 Å². The molecule has 0 aliphatic rings. The normalized spacial score (nSPS) is 13.6. The van der Waals surface area contributed by atoms with E-state index >= 15 is 0 Å². The van der Waals surface area contributed by atoms with Crippen molar-refractivity contribution in [2.45, 2.75) is 24.9 Å². The van der Waals surface area contributed by atoms with Crippen molar-refractivity contribution in [2.24, 2.45) is 7.05 Å². The van der Waals surface area contributed by atoms with Gasteiger partial charge in [-0.05, 0) is 46.4 Å². The van der Waals surface area contributed by atoms with E-state index in [4.69, 9.17) is 16.7 Å². The maximum absolute atomic E-state index is 14.0. The molecule has 3 rings (SSSR count). The number of hydrogen-bond donors (Lipinski definition) is 1. The molecule has 0 aliphatic carbocycles. The third kappa shape index (κ3) is 4.70. The van der Waals surface area contributed by atoms with Crippen LogP contribution in [-0.2, 0) is 7.05 Å². The summed E-state index contributed by atoms with van der Waals surface area (Å²) in [4.78, 5) is 22.8. The minimum absolute atomic E-state index is 0.0512. The van der Waals surface area contributed by atoms with Crippen LogP contribution < -0.4 is 5.56 Å². The van der Waals surface area contributed by atoms with Crippen LogP contribution in [0.3, 0.4) is 0 Å². The summed E-state index contributed by atoms with van der Waals surface area (Å²) < 4.78 is 56.7. The number of halogens is 5. The van der Waals surface area contributed by atoms with Gasteiger partial charge in [-0.15, -0.1) is 0 Å². The van der Waals surface area contributed by atoms with Crippen molar-refractivity contribution in [3.8, 4) is 11.1 Å². The first-order valence-electron chi connectivity index (χ1n) is 9.46. The second-order valence-electron chi connectivity index (χ2n) is 7.46. The number of aryl methyl sites for hydroxylation is 1. The number of benzene rings is 2. The van der Waals surface area contributed by atoms with E-state index in [1.165, 1.54) is 38.2 Å². The number of rotatable bonds is 5. The monoisotopic (exact) mass is 467 g/mol. The first kappa shape index (κ1) is 23.5. The first-order chi connectivity index (χ1) is 14.9. The van der Waals surface area contributed by atoms with E-state index in [1.807, 2.05) is 0 Å². The van der Waals surface area contributed by atoms with Gasteiger partial charge in [0.25, 0.3) is 0 Å². The van der Waals surface area contributed by atoms with Crippen molar-refractivity contribution in [2.75, 3.05) is 0 Å². The number of pyridine rings is 1. The van der Waals surface area contributed by atoms with Gasteiger partial charge in [0.05, 0.1) is 11.5 Å². The van der Waals surface area contributed by atoms with Gasteiger partial charge in [0.1, 0.15) is 5.82 Å². The van der Waals surface area contributed by atoms with Crippen LogP contribution in [-0.4, -0.2) is 21.8 Å². The predicted molar refractivity (Wildman–Crippen MR) is 113 cm³/mol. The van der Waals surface area contributed by atoms with Crippen molar-refractivity contribution in [3.63, 3.8) is 0 Å². The zero-order valence-electron chi connectivity index (χ0n) is 17.0. The molecular formula is C23H18ClF4NO3. The molecule has 0 saturated carbocycles. The Labute approximate surface area is 185 Å². The third-order valence-corrected chi connectivity index (χ3v) is 5.67. The summed E-state index contributed by atoms with van der Waals surface area (Å²) in [5.74, 6) is -5.34. The van der Waals surface area contributed by atoms with Gasteiger partial charge in [-0.3, -0.25) is 4.79 Å². The second-order valence-corrected chi connectivity index (χ2v) is 7.86. The number of carbonyl (C=O) groups is 1. The Hall–Kier alpha value is -3.13. The molecule has 32 heavy (non-hydrogen) atoms. The van der Waals surface area contributed by atoms with Crippen molar-refractivity contribution < 1.29 is 27.5 Å². The van der Waals surface area contributed by atoms with Gasteiger partial charge in [0, 0.05) is 24.3 Å². The highest BCUT2D eigenvalue weighted by atomic mass is 35.5. The van der Waals surface area contributed by atoms with Gasteiger partial charge in [-0.25, -0.2) is 9.18 Å². The van der Waals surface area contributed by atoms with Crippen molar-refractivity contribution in [3.05, 3.63) is 92.6 Å². The summed E-state index contributed by atoms with van der Waals surface area (Å²) >= 11 is 6.33. The lowest BCUT2D eigenvalue weighted by molar-refractivity contribution is -0.154. The smallest absolute Gasteiger partial charge is 0.396 e. The van der Waals surface area contributed by atoms with E-state index in [2.05, 4.69) is 0 Å². The van der Waals surface area contributed by atoms with E-state index in [0.717, 1.165) is 35.0 Å². The summed E-state index contributed by atoms with van der Waals surface area (Å²) in [6.45, 7) is 1.39. The van der Waals surface area contributed by atoms with Crippen LogP contribution in [0.15, 0.2) is 59.5 Å². The van der Waals surface area contributed by atoms with Gasteiger partial charge in [-0.2, -0.15) is 13.2 Å². The molecular weight excluding hydrogens is 450 g/mol. The molecule has 0 fully saturated rings. The Kier molecular flexibility index (Phi) is 6.46. The molecule has 0 amide bonds. The number of nitrogens with zero attached hydrogens (tertiary/aromatic N) is 1. The number of hydrogen-bond acceptors (Lipinski definition) is 2. The lowest BCUT2D eigenvalue weighted by Gasteiger charge is -2.28. The number of aromatic nitrogens is 1. The first-order valence-corrected chi connectivity index (χ1v) is 9.84. The summed E-state index contributed by atoms with van der Waals surface area (Å²) in [5.41, 5.74) is -0.00822. The molecule has 0 aliphatic heterocycles. The van der Waals surface area contributed by atoms with Crippen LogP contribution in [0.2, 0.25) is 5.02 Å². The van der Waals surface area contributed by atoms with Gasteiger partial charge in [-0.1, -0.05) is 42.8 Å². The number of carboxylic acid groups (broad SMARTS) is 1. The molecule has 3 aromatic rings. The largest absolute Gasteiger partial charge is 0.478 e. The Morgan fingerprint density at radius 2 is 1.69 bits per heavy atom. The summed E-state index contributed by atoms with van der Waals surface area (Å²) in [6, 6.07) is 10.1. The molecule has 2 unspecified atom stereocenters. The van der Waals surface area contributed by atoms with E-state index in [9.17, 15) is 27.2 Å². The zero-order valence-corrected chi connectivity index (χ0v) is 17.7. The third-order valence-electron chi connectivity index (χ3n) is 5.34. The molecule has 9 heteroatoms. The highest BCUT2D eigenvalue weighted by Crippen LogP contribution is 2.46. The Bertz CT molecular complexity index is 1240. The fourth-order valence-corrected chi connectivity index (χ4v) is 4.04. The van der Waals surface area contributed by atoms with Gasteiger partial charge in [0.2, 0.25) is 5.56 Å². The standard InChI is InChI=1S/C23H18ClF4NO3/c1-12(21(23(26,27)28)15-5-8-20(30)29(2)11-15)16-6-3-14(10-18(16)24)13-4-7-19(25)17(9-13)22(31)32/h3-12,21H,1-2H3,(H,31,32). The minimum atomic E-state index is -4.60. The van der Waals surface area contributed by atoms with Crippen LogP contribution in [0.25, 0.3) is 11.1 Å². The number of aromatic carboxylic acids is 1. The molecule has 1 heterocycles. The molecule has 1 N–H and O–H groups in total. The molecule has 2 aromatic carbocycles. The molecule has 1 aromatic heterocycles. The molecule has 0 bridgehead atoms. The van der Waals surface area contributed by atoms with Crippen molar-refractivity contribution >= 4 is 17.6 Å². The predicted octanol–water partition coefficient (Wildman–Crippen LogP) is 5.99. The number of alkyl halides is 3. The Balaban J connectivity index is 2.03. The summed E-state index contributed by atoms with van der Waals surface area (Å²) in [5, 5.41) is 9.15. The molecule has 168 valence electrons. The lowest BCUT2D eigenvalue weighted by atomic mass is 9.82. The molecule has 2 atom stereocenters. The fraction of sp³-hybridized carbons (Fsp3) is 0.217. The second kappa shape index (κ2) is 8.78. The van der Waals surface area contributed by atoms with Gasteiger partial charge < -0.3 is 9.67 Å². The maximum Gasteiger partial charge on any atom is 0.396 e. The van der Waals surface area contributed by atoms with E-state index < -0.39 is 40.9 Å². The van der Waals surface area contributed by atoms with Gasteiger partial charge in [0.15, 0.2) is 0 Å². The zero-order chi connectivity index (χ0) is 23.8. The molecule has 0 spiro atoms. The van der Waals surface area contributed by atoms with Crippen molar-refractivity contribution in [1.29, 1.82) is 0 Å². The highest BCUT2D eigenvalue weighted by Gasteiger charge is 2.45. The maximum atomic E-state index is 14.0. The summed E-state index contributed by atoms with van der Waals surface area (Å²) in [6.07, 6.45) is -3.45. The van der Waals surface area contributed by atoms with E-state index in [1.54, 1.807) is 0 Å². The topological polar surface area (TPSA) is 59.3 Å².